The molecule has 1 aliphatic rings. The minimum Gasteiger partial charge on any atom is -0.366 e. The van der Waals surface area contributed by atoms with Gasteiger partial charge in [0.05, 0.1) is 0 Å². The second-order valence-corrected chi connectivity index (χ2v) is 5.09. The van der Waals surface area contributed by atoms with E-state index in [0.717, 1.165) is 11.6 Å². The number of rotatable bonds is 5. The Balaban J connectivity index is 2.06. The Bertz CT molecular complexity index is 375. The van der Waals surface area contributed by atoms with Crippen molar-refractivity contribution in [2.45, 2.75) is 44.7 Å². The third kappa shape index (κ3) is 3.10. The summed E-state index contributed by atoms with van der Waals surface area (Å²) in [4.78, 5) is 10.9. The fraction of sp³-hybridized carbons (Fsp3) is 0.692. The van der Waals surface area contributed by atoms with Gasteiger partial charge in [-0.2, -0.15) is 0 Å². The van der Waals surface area contributed by atoms with Crippen LogP contribution in [0.1, 0.15) is 32.6 Å². The molecular formula is C13H23N5. The Morgan fingerprint density at radius 3 is 2.83 bits per heavy atom. The molecule has 1 unspecified atom stereocenters. The van der Waals surface area contributed by atoms with Gasteiger partial charge in [-0.25, -0.2) is 9.97 Å². The summed E-state index contributed by atoms with van der Waals surface area (Å²) in [6.07, 6.45) is 6.81. The van der Waals surface area contributed by atoms with Gasteiger partial charge in [0.25, 0.3) is 0 Å². The molecule has 1 aliphatic carbocycles. The largest absolute Gasteiger partial charge is 0.366 e. The van der Waals surface area contributed by atoms with Crippen LogP contribution >= 0.6 is 0 Å². The van der Waals surface area contributed by atoms with Crippen LogP contribution in [0.2, 0.25) is 0 Å². The first kappa shape index (κ1) is 13.1. The van der Waals surface area contributed by atoms with Gasteiger partial charge < -0.3 is 16.0 Å². The zero-order chi connectivity index (χ0) is 13.0. The van der Waals surface area contributed by atoms with E-state index in [-0.39, 0.29) is 6.04 Å². The van der Waals surface area contributed by atoms with Gasteiger partial charge in [0.2, 0.25) is 0 Å². The van der Waals surface area contributed by atoms with Gasteiger partial charge in [0, 0.05) is 31.7 Å². The second kappa shape index (κ2) is 6.00. The number of nitrogens with zero attached hydrogens (tertiary/aromatic N) is 3. The van der Waals surface area contributed by atoms with Crippen molar-refractivity contribution in [3.8, 4) is 0 Å². The quantitative estimate of drug-likeness (QED) is 0.830. The summed E-state index contributed by atoms with van der Waals surface area (Å²) < 4.78 is 0. The standard InChI is InChI=1S/C13H23N5/c1-10(8-14)17-12-7-13(16-9-15-12)18(2)11-5-3-4-6-11/h7,9-11H,3-6,8,14H2,1-2H3,(H,15,16,17). The van der Waals surface area contributed by atoms with Gasteiger partial charge in [-0.15, -0.1) is 0 Å². The van der Waals surface area contributed by atoms with E-state index >= 15 is 0 Å². The Labute approximate surface area is 109 Å². The van der Waals surface area contributed by atoms with Crippen molar-refractivity contribution in [2.24, 2.45) is 5.73 Å². The van der Waals surface area contributed by atoms with E-state index in [4.69, 9.17) is 5.73 Å². The molecule has 1 fully saturated rings. The average Bonchev–Trinajstić information content (AvgIpc) is 2.92. The molecule has 1 aromatic heterocycles. The van der Waals surface area contributed by atoms with Crippen LogP contribution in [-0.4, -0.2) is 35.6 Å². The lowest BCUT2D eigenvalue weighted by Crippen LogP contribution is -2.30. The van der Waals surface area contributed by atoms with E-state index in [1.165, 1.54) is 25.7 Å². The fourth-order valence-corrected chi connectivity index (χ4v) is 2.41. The molecule has 100 valence electrons. The first-order valence-corrected chi connectivity index (χ1v) is 6.72. The van der Waals surface area contributed by atoms with Crippen LogP contribution < -0.4 is 16.0 Å². The summed E-state index contributed by atoms with van der Waals surface area (Å²) in [5, 5.41) is 3.27. The predicted molar refractivity (Wildman–Crippen MR) is 74.8 cm³/mol. The number of hydrogen-bond acceptors (Lipinski definition) is 5. The SMILES string of the molecule is CC(CN)Nc1cc(N(C)C2CCCC2)ncn1. The van der Waals surface area contributed by atoms with Crippen molar-refractivity contribution in [1.82, 2.24) is 9.97 Å². The van der Waals surface area contributed by atoms with Gasteiger partial charge in [-0.1, -0.05) is 12.8 Å². The molecule has 1 heterocycles. The monoisotopic (exact) mass is 249 g/mol. The molecule has 3 N–H and O–H groups in total. The Morgan fingerprint density at radius 1 is 1.44 bits per heavy atom. The molecular weight excluding hydrogens is 226 g/mol. The van der Waals surface area contributed by atoms with E-state index in [2.05, 4.69) is 27.2 Å². The van der Waals surface area contributed by atoms with Crippen LogP contribution in [0, 0.1) is 0 Å². The summed E-state index contributed by atoms with van der Waals surface area (Å²) in [6.45, 7) is 2.64. The topological polar surface area (TPSA) is 67.1 Å². The van der Waals surface area contributed by atoms with Crippen molar-refractivity contribution >= 4 is 11.6 Å². The molecule has 1 saturated carbocycles. The van der Waals surface area contributed by atoms with Crippen molar-refractivity contribution in [3.63, 3.8) is 0 Å². The first-order valence-electron chi connectivity index (χ1n) is 6.72. The molecule has 0 bridgehead atoms. The highest BCUT2D eigenvalue weighted by Gasteiger charge is 2.20. The molecule has 2 rings (SSSR count). The van der Waals surface area contributed by atoms with E-state index in [9.17, 15) is 0 Å². The summed E-state index contributed by atoms with van der Waals surface area (Å²) in [5.74, 6) is 1.84. The van der Waals surface area contributed by atoms with Gasteiger partial charge in [0.1, 0.15) is 18.0 Å². The molecule has 18 heavy (non-hydrogen) atoms. The maximum absolute atomic E-state index is 5.60. The van der Waals surface area contributed by atoms with Crippen LogP contribution in [-0.2, 0) is 0 Å². The normalized spacial score (nSPS) is 17.7. The average molecular weight is 249 g/mol. The molecule has 0 aromatic carbocycles. The smallest absolute Gasteiger partial charge is 0.134 e. The number of aromatic nitrogens is 2. The molecule has 0 saturated heterocycles. The van der Waals surface area contributed by atoms with E-state index < -0.39 is 0 Å². The zero-order valence-corrected chi connectivity index (χ0v) is 11.3. The summed E-state index contributed by atoms with van der Waals surface area (Å²) >= 11 is 0. The first-order chi connectivity index (χ1) is 8.70. The number of hydrogen-bond donors (Lipinski definition) is 2. The molecule has 0 spiro atoms. The maximum Gasteiger partial charge on any atom is 0.134 e. The number of nitrogens with one attached hydrogen (secondary N) is 1. The minimum atomic E-state index is 0.226. The van der Waals surface area contributed by atoms with Crippen molar-refractivity contribution in [2.75, 3.05) is 23.8 Å². The van der Waals surface area contributed by atoms with E-state index in [1.54, 1.807) is 6.33 Å². The zero-order valence-electron chi connectivity index (χ0n) is 11.3. The highest BCUT2D eigenvalue weighted by Crippen LogP contribution is 2.26. The van der Waals surface area contributed by atoms with Gasteiger partial charge in [-0.05, 0) is 19.8 Å². The Morgan fingerprint density at radius 2 is 2.17 bits per heavy atom. The molecule has 0 aliphatic heterocycles. The van der Waals surface area contributed by atoms with E-state index in [0.29, 0.717) is 12.6 Å². The lowest BCUT2D eigenvalue weighted by atomic mass is 10.2. The Kier molecular flexibility index (Phi) is 4.36. The predicted octanol–water partition coefficient (Wildman–Crippen LogP) is 1.61. The molecule has 5 heteroatoms. The maximum atomic E-state index is 5.60. The number of nitrogens with two attached hydrogens (primary N) is 1. The second-order valence-electron chi connectivity index (χ2n) is 5.09. The highest BCUT2D eigenvalue weighted by molar-refractivity contribution is 5.49. The van der Waals surface area contributed by atoms with Crippen molar-refractivity contribution in [3.05, 3.63) is 12.4 Å². The van der Waals surface area contributed by atoms with Crippen LogP contribution in [0.25, 0.3) is 0 Å². The van der Waals surface area contributed by atoms with Gasteiger partial charge in [-0.3, -0.25) is 0 Å². The summed E-state index contributed by atoms with van der Waals surface area (Å²) in [5.41, 5.74) is 5.60. The highest BCUT2D eigenvalue weighted by atomic mass is 15.2. The van der Waals surface area contributed by atoms with E-state index in [1.807, 2.05) is 13.0 Å². The summed E-state index contributed by atoms with van der Waals surface area (Å²) in [7, 11) is 2.12. The van der Waals surface area contributed by atoms with Crippen LogP contribution in [0.4, 0.5) is 11.6 Å². The third-order valence-electron chi connectivity index (χ3n) is 3.63. The lowest BCUT2D eigenvalue weighted by molar-refractivity contribution is 0.645. The Hall–Kier alpha value is -1.36. The summed E-state index contributed by atoms with van der Waals surface area (Å²) in [6, 6.07) is 2.86. The van der Waals surface area contributed by atoms with Crippen LogP contribution in [0.3, 0.4) is 0 Å². The van der Waals surface area contributed by atoms with Crippen molar-refractivity contribution in [1.29, 1.82) is 0 Å². The fourth-order valence-electron chi connectivity index (χ4n) is 2.41. The molecule has 1 atom stereocenters. The molecule has 1 aromatic rings. The van der Waals surface area contributed by atoms with Crippen LogP contribution in [0.5, 0.6) is 0 Å². The van der Waals surface area contributed by atoms with Gasteiger partial charge >= 0.3 is 0 Å². The van der Waals surface area contributed by atoms with Gasteiger partial charge in [0.15, 0.2) is 0 Å². The molecule has 0 amide bonds. The molecule has 0 radical (unpaired) electrons. The minimum absolute atomic E-state index is 0.226. The number of anilines is 2. The van der Waals surface area contributed by atoms with Crippen LogP contribution in [0.15, 0.2) is 12.4 Å². The van der Waals surface area contributed by atoms with Crippen molar-refractivity contribution < 1.29 is 0 Å². The lowest BCUT2D eigenvalue weighted by Gasteiger charge is -2.25. The third-order valence-corrected chi connectivity index (χ3v) is 3.63. The molecule has 5 nitrogen and oxygen atoms in total.